The van der Waals surface area contributed by atoms with Crippen LogP contribution in [0.4, 0.5) is 0 Å². The van der Waals surface area contributed by atoms with Gasteiger partial charge >= 0.3 is 11.9 Å². The molecule has 6 heteroatoms. The Hall–Kier alpha value is -1.14. The van der Waals surface area contributed by atoms with Gasteiger partial charge in [0.1, 0.15) is 0 Å². The summed E-state index contributed by atoms with van der Waals surface area (Å²) in [6.45, 7) is 2.14. The highest BCUT2D eigenvalue weighted by molar-refractivity contribution is 5.87. The molecule has 0 aliphatic rings. The lowest BCUT2D eigenvalue weighted by atomic mass is 9.90. The minimum Gasteiger partial charge on any atom is -0.479 e. The van der Waals surface area contributed by atoms with Crippen molar-refractivity contribution in [2.75, 3.05) is 0 Å². The van der Waals surface area contributed by atoms with Crippen molar-refractivity contribution >= 4 is 11.9 Å². The van der Waals surface area contributed by atoms with Crippen LogP contribution in [0, 0.1) is 0 Å². The van der Waals surface area contributed by atoms with Gasteiger partial charge in [-0.15, -0.1) is 0 Å². The fourth-order valence-electron chi connectivity index (χ4n) is 2.09. The first-order chi connectivity index (χ1) is 9.36. The number of carboxylic acids is 2. The molecule has 0 aromatic carbocycles. The fourth-order valence-corrected chi connectivity index (χ4v) is 2.09. The van der Waals surface area contributed by atoms with Crippen molar-refractivity contribution in [2.45, 2.75) is 76.4 Å². The van der Waals surface area contributed by atoms with E-state index in [0.29, 0.717) is 12.8 Å². The number of unbranched alkanes of at least 4 members (excludes halogenated alkanes) is 7. The third-order valence-electron chi connectivity index (χ3n) is 3.47. The summed E-state index contributed by atoms with van der Waals surface area (Å²) in [7, 11) is 0. The van der Waals surface area contributed by atoms with Gasteiger partial charge in [0, 0.05) is 0 Å². The maximum Gasteiger partial charge on any atom is 0.339 e. The van der Waals surface area contributed by atoms with Crippen LogP contribution < -0.4 is 0 Å². The summed E-state index contributed by atoms with van der Waals surface area (Å²) in [5.41, 5.74) is -2.60. The van der Waals surface area contributed by atoms with Crippen LogP contribution >= 0.6 is 0 Å². The van der Waals surface area contributed by atoms with E-state index in [2.05, 4.69) is 6.92 Å². The monoisotopic (exact) mass is 290 g/mol. The molecule has 6 nitrogen and oxygen atoms in total. The van der Waals surface area contributed by atoms with Crippen LogP contribution in [0.1, 0.15) is 64.7 Å². The molecule has 0 heterocycles. The lowest BCUT2D eigenvalue weighted by Crippen LogP contribution is -2.53. The Labute approximate surface area is 119 Å². The van der Waals surface area contributed by atoms with E-state index in [-0.39, 0.29) is 6.42 Å². The molecule has 0 saturated carbocycles. The maximum atomic E-state index is 10.9. The first kappa shape index (κ1) is 18.9. The molecular formula is C14H26O6. The van der Waals surface area contributed by atoms with Gasteiger partial charge < -0.3 is 20.4 Å². The van der Waals surface area contributed by atoms with Gasteiger partial charge in [0.2, 0.25) is 0 Å². The summed E-state index contributed by atoms with van der Waals surface area (Å²) < 4.78 is 0. The van der Waals surface area contributed by atoms with Gasteiger partial charge in [0.15, 0.2) is 11.7 Å². The number of carbonyl (C=O) groups is 2. The second kappa shape index (κ2) is 9.72. The van der Waals surface area contributed by atoms with E-state index >= 15 is 0 Å². The Balaban J connectivity index is 4.00. The van der Waals surface area contributed by atoms with Crippen molar-refractivity contribution < 1.29 is 30.0 Å². The SMILES string of the molecule is CCCCCCCCCCC(O)(C(=O)O)C(O)C(=O)O. The lowest BCUT2D eigenvalue weighted by molar-refractivity contribution is -0.184. The van der Waals surface area contributed by atoms with Crippen LogP contribution in [0.15, 0.2) is 0 Å². The maximum absolute atomic E-state index is 10.9. The van der Waals surface area contributed by atoms with Gasteiger partial charge in [-0.05, 0) is 12.8 Å². The summed E-state index contributed by atoms with van der Waals surface area (Å²) in [6, 6.07) is 0. The fraction of sp³-hybridized carbons (Fsp3) is 0.857. The highest BCUT2D eigenvalue weighted by Gasteiger charge is 2.47. The molecule has 0 bridgehead atoms. The van der Waals surface area contributed by atoms with E-state index < -0.39 is 23.6 Å². The number of carboxylic acid groups (broad SMARTS) is 2. The van der Waals surface area contributed by atoms with Gasteiger partial charge in [0.25, 0.3) is 0 Å². The average Bonchev–Trinajstić information content (AvgIpc) is 2.40. The van der Waals surface area contributed by atoms with Crippen molar-refractivity contribution in [1.29, 1.82) is 0 Å². The predicted molar refractivity (Wildman–Crippen MR) is 73.5 cm³/mol. The van der Waals surface area contributed by atoms with E-state index in [1.165, 1.54) is 19.3 Å². The Kier molecular flexibility index (Phi) is 9.16. The molecule has 0 saturated heterocycles. The van der Waals surface area contributed by atoms with Crippen LogP contribution in [-0.2, 0) is 9.59 Å². The zero-order valence-electron chi connectivity index (χ0n) is 12.0. The molecule has 0 spiro atoms. The molecule has 0 rings (SSSR count). The first-order valence-corrected chi connectivity index (χ1v) is 7.23. The van der Waals surface area contributed by atoms with Gasteiger partial charge in [-0.3, -0.25) is 0 Å². The normalized spacial score (nSPS) is 15.6. The largest absolute Gasteiger partial charge is 0.479 e. The van der Waals surface area contributed by atoms with Crippen LogP contribution in [0.3, 0.4) is 0 Å². The lowest BCUT2D eigenvalue weighted by Gasteiger charge is -2.25. The van der Waals surface area contributed by atoms with E-state index in [1.54, 1.807) is 0 Å². The van der Waals surface area contributed by atoms with Crippen molar-refractivity contribution in [1.82, 2.24) is 0 Å². The third kappa shape index (κ3) is 6.34. The summed E-state index contributed by atoms with van der Waals surface area (Å²) in [6.07, 6.45) is 5.21. The average molecular weight is 290 g/mol. The topological polar surface area (TPSA) is 115 Å². The molecule has 0 aromatic rings. The number of hydrogen-bond donors (Lipinski definition) is 4. The molecular weight excluding hydrogens is 264 g/mol. The van der Waals surface area contributed by atoms with E-state index in [9.17, 15) is 19.8 Å². The molecule has 20 heavy (non-hydrogen) atoms. The number of aliphatic carboxylic acids is 2. The molecule has 0 fully saturated rings. The minimum atomic E-state index is -2.60. The van der Waals surface area contributed by atoms with E-state index in [0.717, 1.165) is 19.3 Å². The van der Waals surface area contributed by atoms with Crippen LogP contribution in [0.2, 0.25) is 0 Å². The quantitative estimate of drug-likeness (QED) is 0.407. The summed E-state index contributed by atoms with van der Waals surface area (Å²) in [5, 5.41) is 36.5. The molecule has 0 aliphatic carbocycles. The standard InChI is InChI=1S/C14H26O6/c1-2-3-4-5-6-7-8-9-10-14(20,13(18)19)11(15)12(16)17/h11,15,20H,2-10H2,1H3,(H,16,17)(H,18,19). The highest BCUT2D eigenvalue weighted by Crippen LogP contribution is 2.21. The Morgan fingerprint density at radius 3 is 1.80 bits per heavy atom. The second-order valence-corrected chi connectivity index (χ2v) is 5.20. The Bertz CT molecular complexity index is 304. The smallest absolute Gasteiger partial charge is 0.339 e. The van der Waals surface area contributed by atoms with Crippen molar-refractivity contribution in [2.24, 2.45) is 0 Å². The summed E-state index contributed by atoms with van der Waals surface area (Å²) in [5.74, 6) is -3.43. The highest BCUT2D eigenvalue weighted by atomic mass is 16.4. The summed E-state index contributed by atoms with van der Waals surface area (Å²) >= 11 is 0. The number of hydrogen-bond acceptors (Lipinski definition) is 4. The van der Waals surface area contributed by atoms with Gasteiger partial charge in [-0.2, -0.15) is 0 Å². The second-order valence-electron chi connectivity index (χ2n) is 5.20. The summed E-state index contributed by atoms with van der Waals surface area (Å²) in [4.78, 5) is 21.5. The predicted octanol–water partition coefficient (Wildman–Crippen LogP) is 1.78. The molecule has 2 atom stereocenters. The zero-order chi connectivity index (χ0) is 15.6. The molecule has 118 valence electrons. The van der Waals surface area contributed by atoms with Crippen molar-refractivity contribution in [3.05, 3.63) is 0 Å². The Morgan fingerprint density at radius 1 is 0.950 bits per heavy atom. The molecule has 4 N–H and O–H groups in total. The molecule has 0 radical (unpaired) electrons. The van der Waals surface area contributed by atoms with Crippen molar-refractivity contribution in [3.8, 4) is 0 Å². The minimum absolute atomic E-state index is 0.259. The van der Waals surface area contributed by atoms with Gasteiger partial charge in [-0.1, -0.05) is 51.9 Å². The van der Waals surface area contributed by atoms with Crippen LogP contribution in [0.25, 0.3) is 0 Å². The molecule has 2 unspecified atom stereocenters. The number of aliphatic hydroxyl groups excluding tert-OH is 1. The first-order valence-electron chi connectivity index (χ1n) is 7.23. The molecule has 0 aliphatic heterocycles. The number of aliphatic hydroxyl groups is 2. The van der Waals surface area contributed by atoms with Crippen molar-refractivity contribution in [3.63, 3.8) is 0 Å². The van der Waals surface area contributed by atoms with Crippen LogP contribution in [0.5, 0.6) is 0 Å². The zero-order valence-corrected chi connectivity index (χ0v) is 12.0. The van der Waals surface area contributed by atoms with Gasteiger partial charge in [-0.25, -0.2) is 9.59 Å². The number of rotatable bonds is 12. The van der Waals surface area contributed by atoms with Crippen LogP contribution in [-0.4, -0.2) is 44.1 Å². The molecule has 0 aromatic heterocycles. The van der Waals surface area contributed by atoms with Gasteiger partial charge in [0.05, 0.1) is 0 Å². The molecule has 0 amide bonds. The van der Waals surface area contributed by atoms with E-state index in [4.69, 9.17) is 10.2 Å². The van der Waals surface area contributed by atoms with E-state index in [1.807, 2.05) is 0 Å². The Morgan fingerprint density at radius 2 is 1.40 bits per heavy atom. The third-order valence-corrected chi connectivity index (χ3v) is 3.47.